The lowest BCUT2D eigenvalue weighted by Gasteiger charge is -2.35. The lowest BCUT2D eigenvalue weighted by Crippen LogP contribution is -2.54. The molecule has 0 atom stereocenters. The van der Waals surface area contributed by atoms with Crippen molar-refractivity contribution in [2.45, 2.75) is 40.3 Å². The fraction of sp³-hybridized carbons (Fsp3) is 0.812. The van der Waals surface area contributed by atoms with Gasteiger partial charge in [0.2, 0.25) is 15.9 Å². The van der Waals surface area contributed by atoms with Crippen molar-refractivity contribution < 1.29 is 17.7 Å². The molecule has 1 aliphatic heterocycles. The summed E-state index contributed by atoms with van der Waals surface area (Å²) in [6.07, 6.45) is 0.0265. The zero-order chi connectivity index (χ0) is 19.9. The standard InChI is InChI=1S/C16H30N6O4S/c1-5-17-16(18-12-15-19-14(4)20-26-15)21-6-8-22(9-7-21)27(23,24)11-10-25-13(2)3/h13H,5-12H2,1-4H3,(H,17,18). The van der Waals surface area contributed by atoms with E-state index in [4.69, 9.17) is 9.26 Å². The molecule has 0 spiro atoms. The highest BCUT2D eigenvalue weighted by atomic mass is 32.2. The summed E-state index contributed by atoms with van der Waals surface area (Å²) in [5, 5.41) is 6.98. The van der Waals surface area contributed by atoms with Crippen LogP contribution in [0, 0.1) is 6.92 Å². The van der Waals surface area contributed by atoms with Gasteiger partial charge in [-0.25, -0.2) is 13.4 Å². The number of aliphatic imine (C=N–C) groups is 1. The summed E-state index contributed by atoms with van der Waals surface area (Å²) < 4.78 is 36.9. The SMILES string of the molecule is CCNC(=NCc1nc(C)no1)N1CCN(S(=O)(=O)CCOC(C)C)CC1. The number of piperazine rings is 1. The molecule has 0 aliphatic carbocycles. The normalized spacial score (nSPS) is 16.9. The average molecular weight is 403 g/mol. The Morgan fingerprint density at radius 1 is 1.33 bits per heavy atom. The molecule has 1 aromatic heterocycles. The van der Waals surface area contributed by atoms with E-state index in [0.29, 0.717) is 50.4 Å². The number of hydrogen-bond acceptors (Lipinski definition) is 7. The average Bonchev–Trinajstić information content (AvgIpc) is 3.03. The number of rotatable bonds is 8. The third kappa shape index (κ3) is 6.74. The van der Waals surface area contributed by atoms with Crippen LogP contribution in [0.15, 0.2) is 9.52 Å². The molecule has 0 unspecified atom stereocenters. The maximum Gasteiger partial charge on any atom is 0.248 e. The zero-order valence-electron chi connectivity index (χ0n) is 16.5. The van der Waals surface area contributed by atoms with Gasteiger partial charge in [0, 0.05) is 32.7 Å². The second kappa shape index (κ2) is 10.00. The van der Waals surface area contributed by atoms with Crippen LogP contribution in [0.1, 0.15) is 32.5 Å². The van der Waals surface area contributed by atoms with Crippen molar-refractivity contribution >= 4 is 16.0 Å². The van der Waals surface area contributed by atoms with Crippen molar-refractivity contribution in [3.8, 4) is 0 Å². The van der Waals surface area contributed by atoms with Crippen molar-refractivity contribution in [2.24, 2.45) is 4.99 Å². The van der Waals surface area contributed by atoms with Crippen molar-refractivity contribution in [2.75, 3.05) is 45.1 Å². The molecule has 154 valence electrons. The summed E-state index contributed by atoms with van der Waals surface area (Å²) in [4.78, 5) is 10.7. The fourth-order valence-corrected chi connectivity index (χ4v) is 3.95. The van der Waals surface area contributed by atoms with E-state index in [2.05, 4.69) is 20.4 Å². The number of nitrogens with one attached hydrogen (secondary N) is 1. The molecule has 27 heavy (non-hydrogen) atoms. The van der Waals surface area contributed by atoms with Crippen LogP contribution in [0.3, 0.4) is 0 Å². The Morgan fingerprint density at radius 3 is 2.59 bits per heavy atom. The van der Waals surface area contributed by atoms with Crippen LogP contribution in [0.2, 0.25) is 0 Å². The molecule has 2 rings (SSSR count). The van der Waals surface area contributed by atoms with E-state index in [1.165, 1.54) is 4.31 Å². The first-order valence-electron chi connectivity index (χ1n) is 9.23. The van der Waals surface area contributed by atoms with E-state index in [-0.39, 0.29) is 25.0 Å². The van der Waals surface area contributed by atoms with Crippen molar-refractivity contribution in [1.82, 2.24) is 24.7 Å². The van der Waals surface area contributed by atoms with E-state index in [1.807, 2.05) is 25.7 Å². The molecule has 10 nitrogen and oxygen atoms in total. The molecule has 1 aromatic rings. The summed E-state index contributed by atoms with van der Waals surface area (Å²) in [6.45, 7) is 10.7. The summed E-state index contributed by atoms with van der Waals surface area (Å²) in [5.74, 6) is 1.75. The van der Waals surface area contributed by atoms with Gasteiger partial charge in [0.1, 0.15) is 6.54 Å². The smallest absolute Gasteiger partial charge is 0.248 e. The highest BCUT2D eigenvalue weighted by Gasteiger charge is 2.28. The first kappa shape index (κ1) is 21.6. The topological polar surface area (TPSA) is 113 Å². The second-order valence-electron chi connectivity index (χ2n) is 6.53. The van der Waals surface area contributed by atoms with Gasteiger partial charge in [0.05, 0.1) is 18.5 Å². The molecule has 1 N–H and O–H groups in total. The Hall–Kier alpha value is -1.72. The molecule has 1 saturated heterocycles. The summed E-state index contributed by atoms with van der Waals surface area (Å²) in [7, 11) is -3.30. The number of guanidine groups is 1. The van der Waals surface area contributed by atoms with Gasteiger partial charge in [0.25, 0.3) is 0 Å². The molecule has 0 saturated carbocycles. The summed E-state index contributed by atoms with van der Waals surface area (Å²) in [5.41, 5.74) is 0. The fourth-order valence-electron chi connectivity index (χ4n) is 2.67. The van der Waals surface area contributed by atoms with Crippen LogP contribution in [-0.2, 0) is 21.3 Å². The monoisotopic (exact) mass is 402 g/mol. The number of sulfonamides is 1. The Morgan fingerprint density at radius 2 is 2.04 bits per heavy atom. The number of hydrogen-bond donors (Lipinski definition) is 1. The van der Waals surface area contributed by atoms with Crippen LogP contribution in [0.4, 0.5) is 0 Å². The van der Waals surface area contributed by atoms with Crippen LogP contribution < -0.4 is 5.32 Å². The zero-order valence-corrected chi connectivity index (χ0v) is 17.3. The minimum atomic E-state index is -3.30. The molecule has 1 aliphatic rings. The van der Waals surface area contributed by atoms with Gasteiger partial charge in [-0.15, -0.1) is 0 Å². The molecule has 1 fully saturated rings. The molecular formula is C16H30N6O4S. The minimum absolute atomic E-state index is 0.00977. The Bertz CT molecular complexity index is 710. The largest absolute Gasteiger partial charge is 0.378 e. The van der Waals surface area contributed by atoms with E-state index in [1.54, 1.807) is 6.92 Å². The number of aryl methyl sites for hydroxylation is 1. The Balaban J connectivity index is 1.90. The predicted octanol–water partition coefficient (Wildman–Crippen LogP) is 0.216. The first-order valence-corrected chi connectivity index (χ1v) is 10.8. The van der Waals surface area contributed by atoms with Crippen LogP contribution in [-0.4, -0.2) is 84.9 Å². The molecule has 0 bridgehead atoms. The second-order valence-corrected chi connectivity index (χ2v) is 8.62. The summed E-state index contributed by atoms with van der Waals surface area (Å²) >= 11 is 0. The highest BCUT2D eigenvalue weighted by molar-refractivity contribution is 7.89. The third-order valence-electron chi connectivity index (χ3n) is 3.99. The van der Waals surface area contributed by atoms with Crippen LogP contribution in [0.25, 0.3) is 0 Å². The van der Waals surface area contributed by atoms with Gasteiger partial charge in [-0.2, -0.15) is 9.29 Å². The first-order chi connectivity index (χ1) is 12.8. The summed E-state index contributed by atoms with van der Waals surface area (Å²) in [6, 6.07) is 0. The Kier molecular flexibility index (Phi) is 7.99. The van der Waals surface area contributed by atoms with Crippen molar-refractivity contribution in [3.05, 3.63) is 11.7 Å². The third-order valence-corrected chi connectivity index (χ3v) is 5.83. The van der Waals surface area contributed by atoms with E-state index >= 15 is 0 Å². The van der Waals surface area contributed by atoms with Crippen LogP contribution >= 0.6 is 0 Å². The lowest BCUT2D eigenvalue weighted by molar-refractivity contribution is 0.0904. The quantitative estimate of drug-likeness (QED) is 0.485. The van der Waals surface area contributed by atoms with E-state index < -0.39 is 10.0 Å². The maximum atomic E-state index is 12.4. The number of aromatic nitrogens is 2. The van der Waals surface area contributed by atoms with Gasteiger partial charge in [-0.3, -0.25) is 0 Å². The molecule has 2 heterocycles. The number of ether oxygens (including phenoxy) is 1. The molecule has 0 amide bonds. The van der Waals surface area contributed by atoms with Crippen molar-refractivity contribution in [3.63, 3.8) is 0 Å². The van der Waals surface area contributed by atoms with Gasteiger partial charge >= 0.3 is 0 Å². The van der Waals surface area contributed by atoms with Crippen LogP contribution in [0.5, 0.6) is 0 Å². The molecule has 0 aromatic carbocycles. The minimum Gasteiger partial charge on any atom is -0.378 e. The molecule has 0 radical (unpaired) electrons. The van der Waals surface area contributed by atoms with E-state index in [0.717, 1.165) is 0 Å². The predicted molar refractivity (Wildman–Crippen MR) is 102 cm³/mol. The van der Waals surface area contributed by atoms with Gasteiger partial charge in [-0.1, -0.05) is 5.16 Å². The van der Waals surface area contributed by atoms with Gasteiger partial charge in [-0.05, 0) is 27.7 Å². The maximum absolute atomic E-state index is 12.4. The molecular weight excluding hydrogens is 372 g/mol. The Labute approximate surface area is 161 Å². The van der Waals surface area contributed by atoms with Gasteiger partial charge in [0.15, 0.2) is 11.8 Å². The van der Waals surface area contributed by atoms with E-state index in [9.17, 15) is 8.42 Å². The highest BCUT2D eigenvalue weighted by Crippen LogP contribution is 2.09. The van der Waals surface area contributed by atoms with Crippen molar-refractivity contribution in [1.29, 1.82) is 0 Å². The van der Waals surface area contributed by atoms with Gasteiger partial charge < -0.3 is 19.5 Å². The molecule has 11 heteroatoms. The lowest BCUT2D eigenvalue weighted by atomic mass is 10.4. The number of nitrogens with zero attached hydrogens (tertiary/aromatic N) is 5.